The summed E-state index contributed by atoms with van der Waals surface area (Å²) in [7, 11) is 0. The Bertz CT molecular complexity index is 1760. The number of rotatable bonds is 12. The minimum absolute atomic E-state index is 0.0379. The highest BCUT2D eigenvalue weighted by Gasteiger charge is 2.54. The molecule has 6 heterocycles. The van der Waals surface area contributed by atoms with Crippen LogP contribution in [0.5, 0.6) is 17.2 Å². The first-order valence-corrected chi connectivity index (χ1v) is 19.5. The van der Waals surface area contributed by atoms with Gasteiger partial charge in [-0.3, -0.25) is 19.6 Å². The summed E-state index contributed by atoms with van der Waals surface area (Å²) in [5.41, 5.74) is 2.76. The van der Waals surface area contributed by atoms with Gasteiger partial charge in [0.25, 0.3) is 5.91 Å². The molecule has 2 aromatic heterocycles. The Morgan fingerprint density at radius 2 is 2.00 bits per heavy atom. The number of aromatic nitrogens is 3. The van der Waals surface area contributed by atoms with Crippen LogP contribution in [0.3, 0.4) is 0 Å². The van der Waals surface area contributed by atoms with Crippen molar-refractivity contribution >= 4 is 11.7 Å². The Morgan fingerprint density at radius 1 is 1.13 bits per heavy atom. The van der Waals surface area contributed by atoms with Crippen LogP contribution in [0, 0.1) is 11.2 Å². The van der Waals surface area contributed by atoms with E-state index in [-0.39, 0.29) is 34.8 Å². The summed E-state index contributed by atoms with van der Waals surface area (Å²) in [6.45, 7) is 16.0. The lowest BCUT2D eigenvalue weighted by atomic mass is 9.61. The van der Waals surface area contributed by atoms with E-state index >= 15 is 0 Å². The predicted molar refractivity (Wildman–Crippen MR) is 199 cm³/mol. The van der Waals surface area contributed by atoms with E-state index in [1.165, 1.54) is 42.2 Å². The number of pyridine rings is 1. The zero-order valence-electron chi connectivity index (χ0n) is 31.3. The van der Waals surface area contributed by atoms with Crippen molar-refractivity contribution in [3.8, 4) is 17.2 Å². The molecule has 8 rings (SSSR count). The van der Waals surface area contributed by atoms with Gasteiger partial charge < -0.3 is 29.3 Å². The lowest BCUT2D eigenvalue weighted by Crippen LogP contribution is -2.65. The fraction of sp³-hybridized carbons (Fsp3) is 0.600. The molecule has 13 heteroatoms. The highest BCUT2D eigenvalue weighted by Crippen LogP contribution is 2.52. The van der Waals surface area contributed by atoms with Crippen molar-refractivity contribution in [2.45, 2.75) is 83.7 Å². The molecule has 53 heavy (non-hydrogen) atoms. The first-order valence-electron chi connectivity index (χ1n) is 19.5. The fourth-order valence-electron chi connectivity index (χ4n) is 9.17. The van der Waals surface area contributed by atoms with Gasteiger partial charge in [0.15, 0.2) is 11.6 Å². The summed E-state index contributed by atoms with van der Waals surface area (Å²) in [4.78, 5) is 36.0. The number of anilines is 1. The van der Waals surface area contributed by atoms with Gasteiger partial charge in [-0.25, -0.2) is 14.4 Å². The third-order valence-corrected chi connectivity index (χ3v) is 11.9. The van der Waals surface area contributed by atoms with Crippen molar-refractivity contribution in [2.75, 3.05) is 70.4 Å². The molecular formula is C40H53FN8O4. The van der Waals surface area contributed by atoms with Crippen molar-refractivity contribution in [1.82, 2.24) is 35.0 Å². The first kappa shape index (κ1) is 36.1. The van der Waals surface area contributed by atoms with Crippen molar-refractivity contribution < 1.29 is 23.4 Å². The van der Waals surface area contributed by atoms with Gasteiger partial charge in [-0.05, 0) is 90.4 Å². The molecule has 0 unspecified atom stereocenters. The number of carbonyl (C=O) groups is 1. The SMILES string of the molecule is CCN(C(=O)c1cc(F)ccc1Oc1cncnc1N1CC2(CC(Oc3ccnc4c3CN(CCCN3CCO[C@H]5CNCC[C@@H]53)CC4)C2)C1)C(C)C. The molecular weight excluding hydrogens is 675 g/mol. The fourth-order valence-corrected chi connectivity index (χ4v) is 9.17. The summed E-state index contributed by atoms with van der Waals surface area (Å²) < 4.78 is 33.4. The third kappa shape index (κ3) is 7.58. The number of piperidine rings is 1. The van der Waals surface area contributed by atoms with Crippen LogP contribution in [0.2, 0.25) is 0 Å². The number of ether oxygens (including phenoxy) is 3. The normalized spacial score (nSPS) is 22.8. The van der Waals surface area contributed by atoms with Gasteiger partial charge in [0.05, 0.1) is 24.5 Å². The molecule has 3 saturated heterocycles. The quantitative estimate of drug-likeness (QED) is 0.284. The van der Waals surface area contributed by atoms with Crippen LogP contribution < -0.4 is 19.7 Å². The number of halogens is 1. The summed E-state index contributed by atoms with van der Waals surface area (Å²) in [5.74, 6) is 1.61. The second-order valence-electron chi connectivity index (χ2n) is 15.8. The molecule has 284 valence electrons. The van der Waals surface area contributed by atoms with E-state index < -0.39 is 5.82 Å². The average Bonchev–Trinajstić information content (AvgIpc) is 3.13. The largest absolute Gasteiger partial charge is 0.490 e. The molecule has 0 radical (unpaired) electrons. The minimum Gasteiger partial charge on any atom is -0.490 e. The molecule has 1 saturated carbocycles. The molecule has 1 amide bonds. The molecule has 1 aromatic carbocycles. The Labute approximate surface area is 312 Å². The number of nitrogens with one attached hydrogen (secondary N) is 1. The molecule has 2 atom stereocenters. The number of nitrogens with zero attached hydrogens (tertiary/aromatic N) is 7. The summed E-state index contributed by atoms with van der Waals surface area (Å²) in [6, 6.07) is 6.61. The molecule has 5 aliphatic rings. The molecule has 3 aromatic rings. The molecule has 1 spiro atoms. The maximum Gasteiger partial charge on any atom is 0.257 e. The highest BCUT2D eigenvalue weighted by molar-refractivity contribution is 5.97. The molecule has 4 fully saturated rings. The first-order chi connectivity index (χ1) is 25.8. The van der Waals surface area contributed by atoms with Gasteiger partial charge in [-0.2, -0.15) is 0 Å². The van der Waals surface area contributed by atoms with Crippen LogP contribution in [0.1, 0.15) is 68.1 Å². The zero-order valence-corrected chi connectivity index (χ0v) is 31.3. The van der Waals surface area contributed by atoms with E-state index in [0.29, 0.717) is 30.3 Å². The highest BCUT2D eigenvalue weighted by atomic mass is 19.1. The van der Waals surface area contributed by atoms with E-state index in [2.05, 4.69) is 30.0 Å². The number of fused-ring (bicyclic) bond motifs is 2. The van der Waals surface area contributed by atoms with Gasteiger partial charge in [-0.15, -0.1) is 0 Å². The lowest BCUT2D eigenvalue weighted by molar-refractivity contribution is -0.0817. The van der Waals surface area contributed by atoms with Crippen LogP contribution >= 0.6 is 0 Å². The number of hydrogen-bond donors (Lipinski definition) is 1. The van der Waals surface area contributed by atoms with E-state index in [1.54, 1.807) is 11.1 Å². The molecule has 1 aliphatic carbocycles. The Kier molecular flexibility index (Phi) is 10.5. The summed E-state index contributed by atoms with van der Waals surface area (Å²) >= 11 is 0. The van der Waals surface area contributed by atoms with E-state index in [4.69, 9.17) is 19.2 Å². The Morgan fingerprint density at radius 3 is 2.83 bits per heavy atom. The van der Waals surface area contributed by atoms with Crippen LogP contribution in [-0.4, -0.2) is 125 Å². The molecule has 4 aliphatic heterocycles. The second-order valence-corrected chi connectivity index (χ2v) is 15.8. The maximum atomic E-state index is 14.4. The molecule has 1 N–H and O–H groups in total. The molecule has 12 nitrogen and oxygen atoms in total. The monoisotopic (exact) mass is 728 g/mol. The lowest BCUT2D eigenvalue weighted by Gasteiger charge is -2.59. The van der Waals surface area contributed by atoms with Gasteiger partial charge in [-0.1, -0.05) is 0 Å². The third-order valence-electron chi connectivity index (χ3n) is 11.9. The van der Waals surface area contributed by atoms with Crippen molar-refractivity contribution in [3.63, 3.8) is 0 Å². The van der Waals surface area contributed by atoms with Crippen LogP contribution in [0.25, 0.3) is 0 Å². The predicted octanol–water partition coefficient (Wildman–Crippen LogP) is 4.53. The van der Waals surface area contributed by atoms with Crippen LogP contribution in [0.4, 0.5) is 10.2 Å². The molecule has 0 bridgehead atoms. The summed E-state index contributed by atoms with van der Waals surface area (Å²) in [5, 5.41) is 3.48. The van der Waals surface area contributed by atoms with Gasteiger partial charge in [0, 0.05) is 87.2 Å². The van der Waals surface area contributed by atoms with Crippen molar-refractivity contribution in [1.29, 1.82) is 0 Å². The summed E-state index contributed by atoms with van der Waals surface area (Å²) in [6.07, 6.45) is 10.7. The Balaban J connectivity index is 0.853. The maximum absolute atomic E-state index is 14.4. The number of hydrogen-bond acceptors (Lipinski definition) is 11. The van der Waals surface area contributed by atoms with Crippen molar-refractivity contribution in [2.24, 2.45) is 5.41 Å². The van der Waals surface area contributed by atoms with Gasteiger partial charge in [0.2, 0.25) is 0 Å². The van der Waals surface area contributed by atoms with Crippen LogP contribution in [0.15, 0.2) is 43.0 Å². The van der Waals surface area contributed by atoms with Crippen molar-refractivity contribution in [3.05, 3.63) is 65.6 Å². The number of amides is 1. The van der Waals surface area contributed by atoms with E-state index in [1.807, 2.05) is 33.0 Å². The topological polar surface area (TPSA) is 108 Å². The van der Waals surface area contributed by atoms with Crippen LogP contribution in [-0.2, 0) is 17.7 Å². The smallest absolute Gasteiger partial charge is 0.257 e. The number of morpholine rings is 1. The van der Waals surface area contributed by atoms with Gasteiger partial charge >= 0.3 is 0 Å². The standard InChI is InChI=1S/C40H53FN8O4/c1-4-49(27(2)3)39(50)30-18-28(41)6-7-34(30)53-37-22-43-26-45-38(37)48-24-40(25-48)19-29(20-40)52-35-9-12-44-32-10-15-46(23-31(32)35)13-5-14-47-16-17-51-36-21-42-11-8-33(36)47/h6-7,9,12,18,22,26-27,29,33,36,42H,4-5,8,10-11,13-17,19-21,23-25H2,1-3H3/t33-,36-/m0/s1. The average molecular weight is 729 g/mol. The van der Waals surface area contributed by atoms with Gasteiger partial charge in [0.1, 0.15) is 29.7 Å². The second kappa shape index (κ2) is 15.4. The minimum atomic E-state index is -0.490. The Hall–Kier alpha value is -3.91. The number of carbonyl (C=O) groups excluding carboxylic acids is 1. The van der Waals surface area contributed by atoms with E-state index in [9.17, 15) is 9.18 Å². The number of benzene rings is 1. The van der Waals surface area contributed by atoms with E-state index in [0.717, 1.165) is 96.9 Å². The zero-order chi connectivity index (χ0) is 36.5.